The summed E-state index contributed by atoms with van der Waals surface area (Å²) in [6.45, 7) is 1.93. The molecule has 0 heterocycles. The van der Waals surface area contributed by atoms with E-state index in [1.54, 1.807) is 0 Å². The summed E-state index contributed by atoms with van der Waals surface area (Å²) in [6.07, 6.45) is 9.97. The molecule has 0 radical (unpaired) electrons. The molecule has 0 spiro atoms. The molecule has 0 aromatic heterocycles. The summed E-state index contributed by atoms with van der Waals surface area (Å²) in [7, 11) is 0. The summed E-state index contributed by atoms with van der Waals surface area (Å²) in [4.78, 5) is 0. The van der Waals surface area contributed by atoms with Gasteiger partial charge in [-0.25, -0.2) is 0 Å². The van der Waals surface area contributed by atoms with E-state index in [4.69, 9.17) is 0 Å². The first kappa shape index (κ1) is 11.9. The molecule has 2 saturated carbocycles. The Bertz CT molecular complexity index is 278. The number of nitrogens with zero attached hydrogens (tertiary/aromatic N) is 1. The average Bonchev–Trinajstić information content (AvgIpc) is 2.80. The van der Waals surface area contributed by atoms with Crippen molar-refractivity contribution in [2.24, 2.45) is 11.3 Å². The molecule has 1 unspecified atom stereocenters. The predicted octanol–water partition coefficient (Wildman–Crippen LogP) is 3.40. The topological polar surface area (TPSA) is 44.0 Å². The van der Waals surface area contributed by atoms with Crippen LogP contribution in [-0.2, 0) is 0 Å². The molecule has 0 aromatic carbocycles. The van der Waals surface area contributed by atoms with Crippen molar-refractivity contribution in [1.29, 1.82) is 5.26 Å². The van der Waals surface area contributed by atoms with Gasteiger partial charge in [-0.15, -0.1) is 0 Å². The van der Waals surface area contributed by atoms with Crippen LogP contribution in [0.2, 0.25) is 0 Å². The maximum atomic E-state index is 10.9. The summed E-state index contributed by atoms with van der Waals surface area (Å²) >= 11 is 0. The molecule has 2 fully saturated rings. The molecule has 0 bridgehead atoms. The summed E-state index contributed by atoms with van der Waals surface area (Å²) < 4.78 is 0. The van der Waals surface area contributed by atoms with Crippen LogP contribution in [0, 0.1) is 22.7 Å². The van der Waals surface area contributed by atoms with E-state index in [0.29, 0.717) is 5.92 Å². The van der Waals surface area contributed by atoms with Crippen molar-refractivity contribution in [1.82, 2.24) is 0 Å². The lowest BCUT2D eigenvalue weighted by Gasteiger charge is -2.44. The number of aliphatic hydroxyl groups is 1. The van der Waals surface area contributed by atoms with Gasteiger partial charge >= 0.3 is 0 Å². The van der Waals surface area contributed by atoms with E-state index in [2.05, 4.69) is 6.07 Å². The third-order valence-corrected chi connectivity index (χ3v) is 5.04. The van der Waals surface area contributed by atoms with Crippen LogP contribution in [0.3, 0.4) is 0 Å². The minimum atomic E-state index is -0.765. The maximum absolute atomic E-state index is 10.9. The Labute approximate surface area is 98.7 Å². The fourth-order valence-corrected chi connectivity index (χ4v) is 3.77. The molecular formula is C14H23NO. The van der Waals surface area contributed by atoms with Crippen LogP contribution in [0.5, 0.6) is 0 Å². The first-order valence-corrected chi connectivity index (χ1v) is 6.76. The highest BCUT2D eigenvalue weighted by Gasteiger charge is 2.53. The normalized spacial score (nSPS) is 29.6. The molecule has 2 nitrogen and oxygen atoms in total. The van der Waals surface area contributed by atoms with Crippen molar-refractivity contribution < 1.29 is 5.11 Å². The lowest BCUT2D eigenvalue weighted by atomic mass is 9.63. The standard InChI is InChI=1S/C14H23NO/c1-13(16,12-7-3-2-4-8-12)14(11-15)9-5-6-10-14/h12,16H,2-10H2,1H3. The molecule has 0 saturated heterocycles. The molecule has 2 heteroatoms. The van der Waals surface area contributed by atoms with E-state index in [1.807, 2.05) is 6.92 Å². The van der Waals surface area contributed by atoms with E-state index in [1.165, 1.54) is 19.3 Å². The molecular weight excluding hydrogens is 198 g/mol. The van der Waals surface area contributed by atoms with Crippen molar-refractivity contribution in [2.75, 3.05) is 0 Å². The second-order valence-corrected chi connectivity index (χ2v) is 5.88. The van der Waals surface area contributed by atoms with Gasteiger partial charge in [0.05, 0.1) is 17.1 Å². The SMILES string of the molecule is CC(O)(C1CCCCC1)C1(C#N)CCCC1. The van der Waals surface area contributed by atoms with Crippen LogP contribution in [0.25, 0.3) is 0 Å². The smallest absolute Gasteiger partial charge is 0.0860 e. The Morgan fingerprint density at radius 2 is 1.69 bits per heavy atom. The fourth-order valence-electron chi connectivity index (χ4n) is 3.77. The molecule has 1 N–H and O–H groups in total. The second kappa shape index (κ2) is 4.37. The monoisotopic (exact) mass is 221 g/mol. The van der Waals surface area contributed by atoms with Gasteiger partial charge in [-0.05, 0) is 38.5 Å². The molecule has 16 heavy (non-hydrogen) atoms. The molecule has 2 aliphatic carbocycles. The molecule has 0 aromatic rings. The van der Waals surface area contributed by atoms with Crippen molar-refractivity contribution in [3.8, 4) is 6.07 Å². The molecule has 2 aliphatic rings. The quantitative estimate of drug-likeness (QED) is 0.776. The fraction of sp³-hybridized carbons (Fsp3) is 0.929. The highest BCUT2D eigenvalue weighted by Crippen LogP contribution is 2.51. The largest absolute Gasteiger partial charge is 0.388 e. The van der Waals surface area contributed by atoms with E-state index in [9.17, 15) is 10.4 Å². The van der Waals surface area contributed by atoms with Crippen LogP contribution in [-0.4, -0.2) is 10.7 Å². The van der Waals surface area contributed by atoms with Crippen molar-refractivity contribution in [3.63, 3.8) is 0 Å². The van der Waals surface area contributed by atoms with Crippen LogP contribution < -0.4 is 0 Å². The first-order chi connectivity index (χ1) is 7.62. The zero-order chi connectivity index (χ0) is 11.6. The Balaban J connectivity index is 2.18. The zero-order valence-corrected chi connectivity index (χ0v) is 10.3. The van der Waals surface area contributed by atoms with Crippen LogP contribution in [0.15, 0.2) is 0 Å². The van der Waals surface area contributed by atoms with E-state index >= 15 is 0 Å². The Morgan fingerprint density at radius 3 is 2.19 bits per heavy atom. The summed E-state index contributed by atoms with van der Waals surface area (Å²) in [5.41, 5.74) is -1.21. The van der Waals surface area contributed by atoms with Gasteiger partial charge in [-0.1, -0.05) is 32.1 Å². The third kappa shape index (κ3) is 1.76. The Hall–Kier alpha value is -0.550. The van der Waals surface area contributed by atoms with Crippen LogP contribution in [0.4, 0.5) is 0 Å². The van der Waals surface area contributed by atoms with Gasteiger partial charge in [-0.2, -0.15) is 5.26 Å². The van der Waals surface area contributed by atoms with Crippen LogP contribution >= 0.6 is 0 Å². The van der Waals surface area contributed by atoms with Gasteiger partial charge in [0.15, 0.2) is 0 Å². The Morgan fingerprint density at radius 1 is 1.12 bits per heavy atom. The molecule has 90 valence electrons. The van der Waals surface area contributed by atoms with Crippen molar-refractivity contribution in [3.05, 3.63) is 0 Å². The molecule has 2 rings (SSSR count). The number of hydrogen-bond donors (Lipinski definition) is 1. The minimum absolute atomic E-state index is 0.346. The molecule has 0 aliphatic heterocycles. The zero-order valence-electron chi connectivity index (χ0n) is 10.3. The van der Waals surface area contributed by atoms with Gasteiger partial charge < -0.3 is 5.11 Å². The second-order valence-electron chi connectivity index (χ2n) is 5.88. The van der Waals surface area contributed by atoms with Gasteiger partial charge in [0.2, 0.25) is 0 Å². The van der Waals surface area contributed by atoms with Gasteiger partial charge in [0.25, 0.3) is 0 Å². The number of hydrogen-bond acceptors (Lipinski definition) is 2. The van der Waals surface area contributed by atoms with Crippen molar-refractivity contribution in [2.45, 2.75) is 70.3 Å². The number of nitriles is 1. The van der Waals surface area contributed by atoms with E-state index in [0.717, 1.165) is 38.5 Å². The lowest BCUT2D eigenvalue weighted by molar-refractivity contribution is -0.0948. The Kier molecular flexibility index (Phi) is 3.26. The minimum Gasteiger partial charge on any atom is -0.388 e. The average molecular weight is 221 g/mol. The summed E-state index contributed by atoms with van der Waals surface area (Å²) in [5.74, 6) is 0.346. The van der Waals surface area contributed by atoms with E-state index < -0.39 is 11.0 Å². The highest BCUT2D eigenvalue weighted by molar-refractivity contribution is 5.14. The highest BCUT2D eigenvalue weighted by atomic mass is 16.3. The summed E-state index contributed by atoms with van der Waals surface area (Å²) in [5, 5.41) is 20.3. The van der Waals surface area contributed by atoms with E-state index in [-0.39, 0.29) is 0 Å². The molecule has 1 atom stereocenters. The van der Waals surface area contributed by atoms with Gasteiger partial charge in [0.1, 0.15) is 0 Å². The van der Waals surface area contributed by atoms with Gasteiger partial charge in [0, 0.05) is 0 Å². The predicted molar refractivity (Wildman–Crippen MR) is 63.7 cm³/mol. The third-order valence-electron chi connectivity index (χ3n) is 5.04. The summed E-state index contributed by atoms with van der Waals surface area (Å²) in [6, 6.07) is 2.46. The lowest BCUT2D eigenvalue weighted by Crippen LogP contribution is -2.50. The first-order valence-electron chi connectivity index (χ1n) is 6.76. The maximum Gasteiger partial charge on any atom is 0.0860 e. The molecule has 0 amide bonds. The van der Waals surface area contributed by atoms with Gasteiger partial charge in [-0.3, -0.25) is 0 Å². The van der Waals surface area contributed by atoms with Crippen LogP contribution in [0.1, 0.15) is 64.7 Å². The van der Waals surface area contributed by atoms with Crippen molar-refractivity contribution >= 4 is 0 Å². The number of rotatable bonds is 2.